The Morgan fingerprint density at radius 2 is 0.790 bits per heavy atom. The molecule has 62 heavy (non-hydrogen) atoms. The lowest BCUT2D eigenvalue weighted by atomic mass is 9.66. The van der Waals surface area contributed by atoms with Crippen LogP contribution in [0, 0.1) is 0 Å². The number of nitrogens with zero attached hydrogens (tertiary/aromatic N) is 3. The molecule has 0 radical (unpaired) electrons. The van der Waals surface area contributed by atoms with E-state index in [1.54, 1.807) is 0 Å². The molecule has 3 aromatic heterocycles. The minimum atomic E-state index is 0.0984. The SMILES string of the molecule is c1ccc2c(c1)-c1cccc(-c3ccc(-c4ccc(-c5nc(-c6cccc7c6oc6ccccc67)nc(-c6cccc7c6oc6ccccc67)n5)cc4)cc3)c1C21CCCCC1. The molecule has 0 N–H and O–H groups in total. The molecule has 1 saturated carbocycles. The van der Waals surface area contributed by atoms with Crippen molar-refractivity contribution in [1.29, 1.82) is 0 Å². The molecule has 2 aliphatic rings. The van der Waals surface area contributed by atoms with Gasteiger partial charge in [0.25, 0.3) is 0 Å². The maximum Gasteiger partial charge on any atom is 0.167 e. The Hall–Kier alpha value is -7.63. The van der Waals surface area contributed by atoms with Gasteiger partial charge in [0.1, 0.15) is 22.3 Å². The third kappa shape index (κ3) is 5.31. The molecule has 0 unspecified atom stereocenters. The third-order valence-electron chi connectivity index (χ3n) is 13.6. The zero-order valence-corrected chi connectivity index (χ0v) is 33.9. The summed E-state index contributed by atoms with van der Waals surface area (Å²) in [6.45, 7) is 0. The van der Waals surface area contributed by atoms with Crippen molar-refractivity contribution in [2.45, 2.75) is 37.5 Å². The monoisotopic (exact) mass is 797 g/mol. The first-order valence-corrected chi connectivity index (χ1v) is 21.7. The van der Waals surface area contributed by atoms with Crippen molar-refractivity contribution < 1.29 is 8.83 Å². The van der Waals surface area contributed by atoms with E-state index in [9.17, 15) is 0 Å². The fourth-order valence-corrected chi connectivity index (χ4v) is 10.7. The van der Waals surface area contributed by atoms with Gasteiger partial charge in [-0.2, -0.15) is 0 Å². The number of para-hydroxylation sites is 4. The van der Waals surface area contributed by atoms with Crippen LogP contribution in [-0.4, -0.2) is 15.0 Å². The molecule has 0 amide bonds. The fraction of sp³-hybridized carbons (Fsp3) is 0.105. The number of aromatic nitrogens is 3. The standard InChI is InChI=1S/C57H39N3O2/c1-8-33-57(34-9-1)48-22-5-2-13-40(48)43-17-10-16-39(51(43)57)37-29-25-35(26-30-37)36-27-31-38(32-28-36)54-58-55(46-20-11-18-44-41-14-3-6-23-49(41)61-52(44)46)60-56(59-54)47-21-12-19-45-42-15-4-7-24-50(42)62-53(45)47/h2-7,10-32H,1,8-9,33-34H2. The zero-order chi connectivity index (χ0) is 40.8. The van der Waals surface area contributed by atoms with E-state index in [2.05, 4.69) is 115 Å². The Morgan fingerprint density at radius 1 is 0.339 bits per heavy atom. The number of hydrogen-bond acceptors (Lipinski definition) is 5. The van der Waals surface area contributed by atoms with Crippen molar-refractivity contribution in [2.75, 3.05) is 0 Å². The van der Waals surface area contributed by atoms with Crippen LogP contribution in [0.1, 0.15) is 43.2 Å². The van der Waals surface area contributed by atoms with Gasteiger partial charge in [0.15, 0.2) is 17.5 Å². The molecule has 294 valence electrons. The smallest absolute Gasteiger partial charge is 0.167 e. The van der Waals surface area contributed by atoms with Crippen molar-refractivity contribution in [3.63, 3.8) is 0 Å². The van der Waals surface area contributed by atoms with E-state index in [1.165, 1.54) is 65.5 Å². The molecular weight excluding hydrogens is 759 g/mol. The lowest BCUT2D eigenvalue weighted by molar-refractivity contribution is 0.353. The average molecular weight is 798 g/mol. The van der Waals surface area contributed by atoms with Crippen molar-refractivity contribution >= 4 is 43.9 Å². The Kier molecular flexibility index (Phi) is 7.77. The molecule has 5 heteroatoms. The number of hydrogen-bond donors (Lipinski definition) is 0. The second-order valence-corrected chi connectivity index (χ2v) is 16.9. The van der Waals surface area contributed by atoms with Gasteiger partial charge in [0, 0.05) is 32.5 Å². The van der Waals surface area contributed by atoms with Crippen LogP contribution in [0.5, 0.6) is 0 Å². The average Bonchev–Trinajstić information content (AvgIpc) is 4.00. The van der Waals surface area contributed by atoms with Crippen molar-refractivity contribution in [2.24, 2.45) is 0 Å². The second-order valence-electron chi connectivity index (χ2n) is 16.9. The van der Waals surface area contributed by atoms with Crippen LogP contribution in [0.4, 0.5) is 0 Å². The van der Waals surface area contributed by atoms with E-state index in [1.807, 2.05) is 60.7 Å². The molecule has 0 atom stereocenters. The van der Waals surface area contributed by atoms with Crippen LogP contribution in [0.15, 0.2) is 185 Å². The largest absolute Gasteiger partial charge is 0.455 e. The quantitative estimate of drug-likeness (QED) is 0.174. The summed E-state index contributed by atoms with van der Waals surface area (Å²) < 4.78 is 13.0. The van der Waals surface area contributed by atoms with Gasteiger partial charge in [-0.3, -0.25) is 0 Å². The van der Waals surface area contributed by atoms with E-state index in [-0.39, 0.29) is 5.41 Å². The van der Waals surface area contributed by atoms with E-state index < -0.39 is 0 Å². The molecular formula is C57H39N3O2. The molecule has 1 fully saturated rings. The summed E-state index contributed by atoms with van der Waals surface area (Å²) in [5, 5.41) is 4.15. The highest BCUT2D eigenvalue weighted by atomic mass is 16.3. The molecule has 8 aromatic carbocycles. The first-order valence-electron chi connectivity index (χ1n) is 21.7. The van der Waals surface area contributed by atoms with Crippen LogP contribution in [0.2, 0.25) is 0 Å². The maximum absolute atomic E-state index is 6.49. The highest BCUT2D eigenvalue weighted by Crippen LogP contribution is 2.58. The molecule has 13 rings (SSSR count). The van der Waals surface area contributed by atoms with Crippen LogP contribution in [0.25, 0.3) is 111 Å². The van der Waals surface area contributed by atoms with Crippen LogP contribution >= 0.6 is 0 Å². The van der Waals surface area contributed by atoms with Crippen LogP contribution in [-0.2, 0) is 5.41 Å². The lowest BCUT2D eigenvalue weighted by Crippen LogP contribution is -2.28. The first-order chi connectivity index (χ1) is 30.7. The van der Waals surface area contributed by atoms with Crippen molar-refractivity contribution in [1.82, 2.24) is 15.0 Å². The summed E-state index contributed by atoms with van der Waals surface area (Å²) in [4.78, 5) is 15.5. The second kappa shape index (κ2) is 13.7. The third-order valence-corrected chi connectivity index (χ3v) is 13.6. The lowest BCUT2D eigenvalue weighted by Gasteiger charge is -2.37. The Bertz CT molecular complexity index is 3420. The van der Waals surface area contributed by atoms with Gasteiger partial charge >= 0.3 is 0 Å². The van der Waals surface area contributed by atoms with Gasteiger partial charge in [-0.1, -0.05) is 171 Å². The molecule has 0 aliphatic heterocycles. The van der Waals surface area contributed by atoms with Gasteiger partial charge in [-0.05, 0) is 81.6 Å². The fourth-order valence-electron chi connectivity index (χ4n) is 10.7. The predicted octanol–water partition coefficient (Wildman–Crippen LogP) is 15.2. The molecule has 2 aliphatic carbocycles. The summed E-state index contributed by atoms with van der Waals surface area (Å²) in [5.41, 5.74) is 16.5. The van der Waals surface area contributed by atoms with E-state index in [0.29, 0.717) is 17.5 Å². The minimum absolute atomic E-state index is 0.0984. The number of rotatable bonds is 5. The van der Waals surface area contributed by atoms with Crippen LogP contribution in [0.3, 0.4) is 0 Å². The molecule has 1 spiro atoms. The maximum atomic E-state index is 6.49. The van der Waals surface area contributed by atoms with Gasteiger partial charge in [0.2, 0.25) is 0 Å². The van der Waals surface area contributed by atoms with Gasteiger partial charge in [-0.25, -0.2) is 15.0 Å². The number of benzene rings is 8. The van der Waals surface area contributed by atoms with E-state index in [4.69, 9.17) is 23.8 Å². The minimum Gasteiger partial charge on any atom is -0.455 e. The summed E-state index contributed by atoms with van der Waals surface area (Å²) >= 11 is 0. The highest BCUT2D eigenvalue weighted by molar-refractivity contribution is 6.10. The first kappa shape index (κ1) is 35.2. The summed E-state index contributed by atoms with van der Waals surface area (Å²) in [6, 6.07) is 62.3. The zero-order valence-electron chi connectivity index (χ0n) is 33.9. The van der Waals surface area contributed by atoms with Gasteiger partial charge < -0.3 is 8.83 Å². The van der Waals surface area contributed by atoms with Crippen LogP contribution < -0.4 is 0 Å². The Labute approximate surface area is 358 Å². The molecule has 3 heterocycles. The summed E-state index contributed by atoms with van der Waals surface area (Å²) in [7, 11) is 0. The molecule has 11 aromatic rings. The normalized spacial score (nSPS) is 14.3. The van der Waals surface area contributed by atoms with Gasteiger partial charge in [-0.15, -0.1) is 0 Å². The summed E-state index contributed by atoms with van der Waals surface area (Å²) in [5.74, 6) is 1.64. The highest BCUT2D eigenvalue weighted by Gasteiger charge is 2.45. The Balaban J connectivity index is 0.898. The molecule has 0 bridgehead atoms. The van der Waals surface area contributed by atoms with Crippen molar-refractivity contribution in [3.05, 3.63) is 187 Å². The van der Waals surface area contributed by atoms with E-state index in [0.717, 1.165) is 71.7 Å². The summed E-state index contributed by atoms with van der Waals surface area (Å²) in [6.07, 6.45) is 6.31. The predicted molar refractivity (Wildman–Crippen MR) is 251 cm³/mol. The van der Waals surface area contributed by atoms with Gasteiger partial charge in [0.05, 0.1) is 11.1 Å². The molecule has 5 nitrogen and oxygen atoms in total. The Morgan fingerprint density at radius 3 is 1.42 bits per heavy atom. The van der Waals surface area contributed by atoms with Crippen molar-refractivity contribution in [3.8, 4) is 67.5 Å². The number of fused-ring (bicyclic) bond motifs is 11. The topological polar surface area (TPSA) is 65.0 Å². The number of furan rings is 2. The van der Waals surface area contributed by atoms with E-state index >= 15 is 0 Å². The molecule has 0 saturated heterocycles.